The first kappa shape index (κ1) is 15.8. The number of benzene rings is 1. The fraction of sp³-hybridized carbons (Fsp3) is 0.588. The molecule has 4 nitrogen and oxygen atoms in total. The highest BCUT2D eigenvalue weighted by molar-refractivity contribution is 5.99. The number of carbonyl (C=O) groups excluding carboxylic acids is 1. The summed E-state index contributed by atoms with van der Waals surface area (Å²) in [6, 6.07) is 7.64. The van der Waals surface area contributed by atoms with Gasteiger partial charge in [0.25, 0.3) is 0 Å². The molecule has 0 bridgehead atoms. The molecule has 0 radical (unpaired) electrons. The third-order valence-corrected chi connectivity index (χ3v) is 3.99. The van der Waals surface area contributed by atoms with Crippen molar-refractivity contribution in [2.45, 2.75) is 45.6 Å². The van der Waals surface area contributed by atoms with Crippen LogP contribution < -0.4 is 15.4 Å². The quantitative estimate of drug-likeness (QED) is 0.846. The lowest BCUT2D eigenvalue weighted by atomic mass is 9.93. The summed E-state index contributed by atoms with van der Waals surface area (Å²) in [5.74, 6) is 1.24. The van der Waals surface area contributed by atoms with Gasteiger partial charge in [0.1, 0.15) is 5.75 Å². The van der Waals surface area contributed by atoms with E-state index < -0.39 is 5.54 Å². The van der Waals surface area contributed by atoms with Crippen LogP contribution in [0.25, 0.3) is 0 Å². The number of hydrogen-bond donors (Lipinski definition) is 2. The highest BCUT2D eigenvalue weighted by atomic mass is 16.5. The molecule has 4 heteroatoms. The number of amides is 1. The van der Waals surface area contributed by atoms with E-state index in [1.54, 1.807) is 0 Å². The third kappa shape index (κ3) is 3.76. The molecule has 1 atom stereocenters. The number of para-hydroxylation sites is 2. The van der Waals surface area contributed by atoms with E-state index in [2.05, 4.69) is 31.4 Å². The van der Waals surface area contributed by atoms with E-state index in [0.717, 1.165) is 37.2 Å². The molecule has 1 aromatic carbocycles. The topological polar surface area (TPSA) is 50.4 Å². The third-order valence-electron chi connectivity index (χ3n) is 3.99. The Morgan fingerprint density at radius 3 is 2.81 bits per heavy atom. The average Bonchev–Trinajstić information content (AvgIpc) is 2.96. The van der Waals surface area contributed by atoms with Crippen molar-refractivity contribution in [3.8, 4) is 5.75 Å². The second-order valence-corrected chi connectivity index (χ2v) is 6.12. The first-order valence-electron chi connectivity index (χ1n) is 7.85. The van der Waals surface area contributed by atoms with Gasteiger partial charge in [-0.1, -0.05) is 32.9 Å². The Kier molecular flexibility index (Phi) is 5.23. The number of ether oxygens (including phenoxy) is 1. The van der Waals surface area contributed by atoms with Crippen LogP contribution in [0.1, 0.15) is 40.0 Å². The number of nitrogens with one attached hydrogen (secondary N) is 2. The van der Waals surface area contributed by atoms with Gasteiger partial charge in [0.05, 0.1) is 17.8 Å². The van der Waals surface area contributed by atoms with Crippen LogP contribution in [0.5, 0.6) is 5.75 Å². The molecule has 116 valence electrons. The molecular weight excluding hydrogens is 264 g/mol. The van der Waals surface area contributed by atoms with Gasteiger partial charge in [-0.05, 0) is 43.9 Å². The first-order valence-corrected chi connectivity index (χ1v) is 7.85. The van der Waals surface area contributed by atoms with Gasteiger partial charge < -0.3 is 15.4 Å². The van der Waals surface area contributed by atoms with Crippen LogP contribution in [0.15, 0.2) is 24.3 Å². The Morgan fingerprint density at radius 1 is 1.43 bits per heavy atom. The van der Waals surface area contributed by atoms with Gasteiger partial charge >= 0.3 is 0 Å². The van der Waals surface area contributed by atoms with E-state index in [1.807, 2.05) is 24.3 Å². The number of rotatable bonds is 6. The summed E-state index contributed by atoms with van der Waals surface area (Å²) in [7, 11) is 0. The van der Waals surface area contributed by atoms with Crippen molar-refractivity contribution in [2.75, 3.05) is 18.5 Å². The number of hydrogen-bond acceptors (Lipinski definition) is 3. The minimum Gasteiger partial charge on any atom is -0.491 e. The number of anilines is 1. The van der Waals surface area contributed by atoms with Gasteiger partial charge in [0.2, 0.25) is 5.91 Å². The molecule has 1 saturated heterocycles. The zero-order valence-corrected chi connectivity index (χ0v) is 13.2. The molecule has 2 rings (SSSR count). The van der Waals surface area contributed by atoms with Crippen molar-refractivity contribution in [3.63, 3.8) is 0 Å². The molecule has 1 aliphatic heterocycles. The lowest BCUT2D eigenvalue weighted by Crippen LogP contribution is -2.50. The highest BCUT2D eigenvalue weighted by Crippen LogP contribution is 2.29. The minimum absolute atomic E-state index is 0.0445. The SMILES string of the molecule is CCC1(C(=O)Nc2ccccc2OCC(C)C)CCCN1. The summed E-state index contributed by atoms with van der Waals surface area (Å²) in [6.07, 6.45) is 2.74. The predicted molar refractivity (Wildman–Crippen MR) is 85.7 cm³/mol. The molecule has 1 aromatic rings. The molecule has 1 heterocycles. The first-order chi connectivity index (χ1) is 10.1. The van der Waals surface area contributed by atoms with Gasteiger partial charge in [-0.15, -0.1) is 0 Å². The van der Waals surface area contributed by atoms with Crippen LogP contribution >= 0.6 is 0 Å². The number of carbonyl (C=O) groups is 1. The Balaban J connectivity index is 2.10. The minimum atomic E-state index is -0.425. The summed E-state index contributed by atoms with van der Waals surface area (Å²) in [5, 5.41) is 6.40. The summed E-state index contributed by atoms with van der Waals surface area (Å²) in [5.41, 5.74) is 0.329. The molecule has 0 aromatic heterocycles. The van der Waals surface area contributed by atoms with E-state index in [4.69, 9.17) is 4.74 Å². The van der Waals surface area contributed by atoms with Gasteiger partial charge in [0.15, 0.2) is 0 Å². The molecule has 0 aliphatic carbocycles. The van der Waals surface area contributed by atoms with Crippen molar-refractivity contribution in [3.05, 3.63) is 24.3 Å². The lowest BCUT2D eigenvalue weighted by Gasteiger charge is -2.27. The molecule has 2 N–H and O–H groups in total. The largest absolute Gasteiger partial charge is 0.491 e. The Bertz CT molecular complexity index is 479. The summed E-state index contributed by atoms with van der Waals surface area (Å²) >= 11 is 0. The zero-order chi connectivity index (χ0) is 15.3. The lowest BCUT2D eigenvalue weighted by molar-refractivity contribution is -0.122. The van der Waals surface area contributed by atoms with Crippen LogP contribution in [-0.2, 0) is 4.79 Å². The molecule has 1 amide bonds. The van der Waals surface area contributed by atoms with E-state index in [9.17, 15) is 4.79 Å². The molecule has 1 fully saturated rings. The maximum absolute atomic E-state index is 12.6. The average molecular weight is 290 g/mol. The maximum Gasteiger partial charge on any atom is 0.244 e. The van der Waals surface area contributed by atoms with Crippen molar-refractivity contribution in [1.29, 1.82) is 0 Å². The Morgan fingerprint density at radius 2 is 2.19 bits per heavy atom. The second kappa shape index (κ2) is 6.94. The Hall–Kier alpha value is -1.55. The fourth-order valence-corrected chi connectivity index (χ4v) is 2.66. The van der Waals surface area contributed by atoms with Gasteiger partial charge in [-0.25, -0.2) is 0 Å². The van der Waals surface area contributed by atoms with Crippen molar-refractivity contribution in [1.82, 2.24) is 5.32 Å². The van der Waals surface area contributed by atoms with E-state index in [-0.39, 0.29) is 5.91 Å². The van der Waals surface area contributed by atoms with Crippen LogP contribution in [0.3, 0.4) is 0 Å². The van der Waals surface area contributed by atoms with Crippen LogP contribution in [0.2, 0.25) is 0 Å². The smallest absolute Gasteiger partial charge is 0.244 e. The van der Waals surface area contributed by atoms with Crippen LogP contribution in [0.4, 0.5) is 5.69 Å². The second-order valence-electron chi connectivity index (χ2n) is 6.12. The predicted octanol–water partition coefficient (Wildman–Crippen LogP) is 3.19. The van der Waals surface area contributed by atoms with Gasteiger partial charge in [-0.2, -0.15) is 0 Å². The highest BCUT2D eigenvalue weighted by Gasteiger charge is 2.39. The van der Waals surface area contributed by atoms with Crippen molar-refractivity contribution < 1.29 is 9.53 Å². The molecule has 1 unspecified atom stereocenters. The van der Waals surface area contributed by atoms with E-state index in [0.29, 0.717) is 12.5 Å². The van der Waals surface area contributed by atoms with Crippen molar-refractivity contribution >= 4 is 11.6 Å². The summed E-state index contributed by atoms with van der Waals surface area (Å²) in [4.78, 5) is 12.6. The van der Waals surface area contributed by atoms with Crippen LogP contribution in [0, 0.1) is 5.92 Å². The normalized spacial score (nSPS) is 21.5. The van der Waals surface area contributed by atoms with Crippen molar-refractivity contribution in [2.24, 2.45) is 5.92 Å². The van der Waals surface area contributed by atoms with Gasteiger partial charge in [0, 0.05) is 0 Å². The van der Waals surface area contributed by atoms with Gasteiger partial charge in [-0.3, -0.25) is 4.79 Å². The Labute approximate surface area is 127 Å². The molecular formula is C17H26N2O2. The van der Waals surface area contributed by atoms with Crippen LogP contribution in [-0.4, -0.2) is 24.6 Å². The molecule has 1 aliphatic rings. The summed E-state index contributed by atoms with van der Waals surface area (Å²) in [6.45, 7) is 7.82. The molecule has 21 heavy (non-hydrogen) atoms. The zero-order valence-electron chi connectivity index (χ0n) is 13.2. The monoisotopic (exact) mass is 290 g/mol. The van der Waals surface area contributed by atoms with E-state index in [1.165, 1.54) is 0 Å². The molecule has 0 saturated carbocycles. The molecule has 0 spiro atoms. The fourth-order valence-electron chi connectivity index (χ4n) is 2.66. The summed E-state index contributed by atoms with van der Waals surface area (Å²) < 4.78 is 5.79. The maximum atomic E-state index is 12.6. The standard InChI is InChI=1S/C17H26N2O2/c1-4-17(10-7-11-18-17)16(20)19-14-8-5-6-9-15(14)21-12-13(2)3/h5-6,8-9,13,18H,4,7,10-12H2,1-3H3,(H,19,20). The van der Waals surface area contributed by atoms with E-state index >= 15 is 0 Å².